The van der Waals surface area contributed by atoms with E-state index >= 15 is 0 Å². The van der Waals surface area contributed by atoms with Crippen LogP contribution in [0.2, 0.25) is 0 Å². The lowest BCUT2D eigenvalue weighted by molar-refractivity contribution is -0.114. The lowest BCUT2D eigenvalue weighted by Gasteiger charge is -2.02. The van der Waals surface area contributed by atoms with Gasteiger partial charge in [-0.1, -0.05) is 17.7 Å². The Morgan fingerprint density at radius 1 is 1.31 bits per heavy atom. The molecule has 1 N–H and O–H groups in total. The van der Waals surface area contributed by atoms with Gasteiger partial charge in [-0.05, 0) is 24.7 Å². The fourth-order valence-corrected chi connectivity index (χ4v) is 0.828. The molecule has 4 heteroatoms. The number of aryl methyl sites for hydroxylation is 1. The zero-order valence-electron chi connectivity index (χ0n) is 7.53. The Kier molecular flexibility index (Phi) is 3.42. The minimum atomic E-state index is -0.471. The van der Waals surface area contributed by atoms with Crippen LogP contribution in [-0.2, 0) is 9.68 Å². The maximum Gasteiger partial charge on any atom is 0.359 e. The van der Waals surface area contributed by atoms with Gasteiger partial charge in [0.2, 0.25) is 0 Å². The largest absolute Gasteiger partial charge is 0.359 e. The zero-order valence-corrected chi connectivity index (χ0v) is 7.53. The van der Waals surface area contributed by atoms with Crippen molar-refractivity contribution in [3.8, 4) is 0 Å². The van der Waals surface area contributed by atoms with Crippen molar-refractivity contribution >= 4 is 5.97 Å². The first-order valence-electron chi connectivity index (χ1n) is 3.80. The van der Waals surface area contributed by atoms with Gasteiger partial charge < -0.3 is 4.84 Å². The summed E-state index contributed by atoms with van der Waals surface area (Å²) in [6.45, 7) is 1.95. The third-order valence-electron chi connectivity index (χ3n) is 1.50. The third-order valence-corrected chi connectivity index (χ3v) is 1.50. The molecular weight excluding hydrogens is 170 g/mol. The highest BCUT2D eigenvalue weighted by molar-refractivity contribution is 5.89. The highest BCUT2D eigenvalue weighted by Crippen LogP contribution is 2.03. The van der Waals surface area contributed by atoms with Gasteiger partial charge in [0.25, 0.3) is 0 Å². The molecule has 1 aromatic carbocycles. The number of hydrogen-bond acceptors (Lipinski definition) is 4. The van der Waals surface area contributed by atoms with Crippen LogP contribution in [-0.4, -0.2) is 13.1 Å². The molecule has 0 unspecified atom stereocenters. The van der Waals surface area contributed by atoms with E-state index in [1.54, 1.807) is 12.1 Å². The van der Waals surface area contributed by atoms with E-state index in [2.05, 4.69) is 9.68 Å². The number of carbonyl (C=O) groups excluding carboxylic acids is 1. The average molecular weight is 181 g/mol. The van der Waals surface area contributed by atoms with Crippen LogP contribution in [0.1, 0.15) is 15.9 Å². The van der Waals surface area contributed by atoms with Gasteiger partial charge in [0.1, 0.15) is 0 Å². The monoisotopic (exact) mass is 181 g/mol. The Morgan fingerprint density at radius 3 is 2.46 bits per heavy atom. The first-order valence-corrected chi connectivity index (χ1v) is 3.80. The van der Waals surface area contributed by atoms with Crippen LogP contribution >= 0.6 is 0 Å². The Balaban J connectivity index is 2.61. The van der Waals surface area contributed by atoms with E-state index in [9.17, 15) is 4.79 Å². The second-order valence-electron chi connectivity index (χ2n) is 2.54. The number of benzene rings is 1. The molecule has 0 saturated carbocycles. The molecular formula is C9H11NO3. The first kappa shape index (κ1) is 9.70. The van der Waals surface area contributed by atoms with Crippen LogP contribution in [0.5, 0.6) is 0 Å². The van der Waals surface area contributed by atoms with Crippen LogP contribution in [0.4, 0.5) is 0 Å². The zero-order chi connectivity index (χ0) is 9.68. The van der Waals surface area contributed by atoms with E-state index in [0.717, 1.165) is 5.56 Å². The topological polar surface area (TPSA) is 47.6 Å². The molecule has 0 bridgehead atoms. The van der Waals surface area contributed by atoms with E-state index in [1.165, 1.54) is 7.11 Å². The van der Waals surface area contributed by atoms with Gasteiger partial charge in [0, 0.05) is 0 Å². The van der Waals surface area contributed by atoms with E-state index in [1.807, 2.05) is 24.7 Å². The molecule has 0 atom stereocenters. The number of hydrogen-bond donors (Lipinski definition) is 1. The molecule has 0 spiro atoms. The molecule has 0 aromatic heterocycles. The maximum atomic E-state index is 11.2. The van der Waals surface area contributed by atoms with Crippen molar-refractivity contribution in [3.63, 3.8) is 0 Å². The molecule has 0 saturated heterocycles. The quantitative estimate of drug-likeness (QED) is 0.712. The minimum absolute atomic E-state index is 0.471. The fraction of sp³-hybridized carbons (Fsp3) is 0.222. The molecule has 1 aromatic rings. The summed E-state index contributed by atoms with van der Waals surface area (Å²) in [6.07, 6.45) is 0. The van der Waals surface area contributed by atoms with Crippen molar-refractivity contribution in [2.75, 3.05) is 7.11 Å². The number of carbonyl (C=O) groups is 1. The summed E-state index contributed by atoms with van der Waals surface area (Å²) in [5.41, 5.74) is 3.59. The highest BCUT2D eigenvalue weighted by atomic mass is 16.9. The molecule has 0 amide bonds. The van der Waals surface area contributed by atoms with Crippen LogP contribution in [0, 0.1) is 6.92 Å². The summed E-state index contributed by atoms with van der Waals surface area (Å²) in [7, 11) is 1.36. The number of rotatable bonds is 3. The molecule has 0 heterocycles. The van der Waals surface area contributed by atoms with E-state index in [-0.39, 0.29) is 0 Å². The van der Waals surface area contributed by atoms with Gasteiger partial charge in [-0.3, -0.25) is 4.84 Å². The van der Waals surface area contributed by atoms with Crippen LogP contribution in [0.25, 0.3) is 0 Å². The van der Waals surface area contributed by atoms with E-state index < -0.39 is 5.97 Å². The minimum Gasteiger partial charge on any atom is -0.341 e. The number of nitrogens with one attached hydrogen (secondary N) is 1. The highest BCUT2D eigenvalue weighted by Gasteiger charge is 2.05. The smallest absolute Gasteiger partial charge is 0.341 e. The molecule has 1 rings (SSSR count). The molecule has 0 radical (unpaired) electrons. The predicted octanol–water partition coefficient (Wildman–Crippen LogP) is 1.22. The predicted molar refractivity (Wildman–Crippen MR) is 46.7 cm³/mol. The fourth-order valence-electron chi connectivity index (χ4n) is 0.828. The van der Waals surface area contributed by atoms with E-state index in [0.29, 0.717) is 5.56 Å². The summed E-state index contributed by atoms with van der Waals surface area (Å²) in [6, 6.07) is 7.05. The summed E-state index contributed by atoms with van der Waals surface area (Å²) >= 11 is 0. The van der Waals surface area contributed by atoms with E-state index in [4.69, 9.17) is 0 Å². The molecule has 0 aliphatic rings. The second-order valence-corrected chi connectivity index (χ2v) is 2.54. The van der Waals surface area contributed by atoms with Crippen molar-refractivity contribution in [1.29, 1.82) is 0 Å². The first-order chi connectivity index (χ1) is 6.24. The third kappa shape index (κ3) is 2.85. The van der Waals surface area contributed by atoms with Gasteiger partial charge in [0.05, 0.1) is 12.7 Å². The molecule has 0 aliphatic carbocycles. The van der Waals surface area contributed by atoms with Crippen molar-refractivity contribution in [2.45, 2.75) is 6.92 Å². The van der Waals surface area contributed by atoms with Crippen molar-refractivity contribution in [3.05, 3.63) is 35.4 Å². The van der Waals surface area contributed by atoms with Crippen molar-refractivity contribution < 1.29 is 14.5 Å². The van der Waals surface area contributed by atoms with Crippen LogP contribution in [0.3, 0.4) is 0 Å². The normalized spacial score (nSPS) is 9.69. The summed E-state index contributed by atoms with van der Waals surface area (Å²) in [5.74, 6) is -0.471. The van der Waals surface area contributed by atoms with Crippen LogP contribution in [0.15, 0.2) is 24.3 Å². The standard InChI is InChI=1S/C9H11NO3/c1-7-3-5-8(6-4-7)9(11)13-10-12-2/h3-6,10H,1-2H3. The van der Waals surface area contributed by atoms with Crippen molar-refractivity contribution in [2.24, 2.45) is 0 Å². The molecule has 70 valence electrons. The van der Waals surface area contributed by atoms with Gasteiger partial charge in [-0.25, -0.2) is 4.79 Å². The summed E-state index contributed by atoms with van der Waals surface area (Å²) in [5, 5.41) is 0. The Labute approximate surface area is 76.4 Å². The lowest BCUT2D eigenvalue weighted by Crippen LogP contribution is -2.18. The summed E-state index contributed by atoms with van der Waals surface area (Å²) in [4.78, 5) is 20.0. The Bertz CT molecular complexity index is 281. The van der Waals surface area contributed by atoms with Crippen LogP contribution < -0.4 is 5.64 Å². The lowest BCUT2D eigenvalue weighted by atomic mass is 10.2. The van der Waals surface area contributed by atoms with Gasteiger partial charge in [-0.15, -0.1) is 0 Å². The SMILES string of the molecule is CONOC(=O)c1ccc(C)cc1. The second kappa shape index (κ2) is 4.59. The average Bonchev–Trinajstić information content (AvgIpc) is 2.15. The Hall–Kier alpha value is -1.39. The molecule has 13 heavy (non-hydrogen) atoms. The van der Waals surface area contributed by atoms with Gasteiger partial charge >= 0.3 is 5.97 Å². The van der Waals surface area contributed by atoms with Gasteiger partial charge in [-0.2, -0.15) is 0 Å². The maximum absolute atomic E-state index is 11.2. The Morgan fingerprint density at radius 2 is 1.92 bits per heavy atom. The molecule has 0 fully saturated rings. The van der Waals surface area contributed by atoms with Crippen molar-refractivity contribution in [1.82, 2.24) is 5.64 Å². The molecule has 0 aliphatic heterocycles. The van der Waals surface area contributed by atoms with Gasteiger partial charge in [0.15, 0.2) is 0 Å². The molecule has 4 nitrogen and oxygen atoms in total. The summed E-state index contributed by atoms with van der Waals surface area (Å²) < 4.78 is 0.